The Morgan fingerprint density at radius 1 is 1.07 bits per heavy atom. The first kappa shape index (κ1) is 39.9. The third kappa shape index (κ3) is 11.6. The number of benzene rings is 2. The molecule has 294 valence electrons. The van der Waals surface area contributed by atoms with Gasteiger partial charge in [0.1, 0.15) is 5.82 Å². The van der Waals surface area contributed by atoms with Crippen molar-refractivity contribution in [1.82, 2.24) is 20.1 Å². The molecule has 0 spiro atoms. The fraction of sp³-hybridized carbons (Fsp3) is 0.450. The highest BCUT2D eigenvalue weighted by molar-refractivity contribution is 7.85. The summed E-state index contributed by atoms with van der Waals surface area (Å²) in [5, 5.41) is 10.7. The van der Waals surface area contributed by atoms with Gasteiger partial charge in [0.15, 0.2) is 6.61 Å². The molecule has 0 saturated carbocycles. The average molecular weight is 774 g/mol. The normalized spacial score (nSPS) is 17.7. The Labute approximate surface area is 322 Å². The minimum atomic E-state index is -4.02. The molecule has 3 aliphatic rings. The zero-order valence-electron chi connectivity index (χ0n) is 31.3. The lowest BCUT2D eigenvalue weighted by Crippen LogP contribution is -2.36. The Morgan fingerprint density at radius 3 is 2.60 bits per heavy atom. The number of nitrogens with one attached hydrogen (secondary N) is 2. The smallest absolute Gasteiger partial charge is 0.306 e. The van der Waals surface area contributed by atoms with Crippen LogP contribution >= 0.6 is 0 Å². The summed E-state index contributed by atoms with van der Waals surface area (Å²) in [4.78, 5) is 33.9. The van der Waals surface area contributed by atoms with E-state index >= 15 is 0 Å². The van der Waals surface area contributed by atoms with Crippen LogP contribution in [0.4, 0.5) is 11.5 Å². The zero-order valence-corrected chi connectivity index (χ0v) is 32.1. The first-order valence-electron chi connectivity index (χ1n) is 18.9. The lowest BCUT2D eigenvalue weighted by molar-refractivity contribution is -0.148. The summed E-state index contributed by atoms with van der Waals surface area (Å²) < 4.78 is 40.4. The van der Waals surface area contributed by atoms with Crippen molar-refractivity contribution >= 4 is 33.5 Å². The number of hydrogen-bond acceptors (Lipinski definition) is 11. The number of fused-ring (bicyclic) bond motifs is 1. The number of amides is 1. The summed E-state index contributed by atoms with van der Waals surface area (Å²) in [5.74, 6) is 0.434. The van der Waals surface area contributed by atoms with Crippen LogP contribution in [0.3, 0.4) is 0 Å². The third-order valence-corrected chi connectivity index (χ3v) is 11.2. The summed E-state index contributed by atoms with van der Waals surface area (Å²) in [6, 6.07) is 18.9. The van der Waals surface area contributed by atoms with Gasteiger partial charge in [0, 0.05) is 61.8 Å². The number of esters is 1. The molecule has 3 aliphatic heterocycles. The van der Waals surface area contributed by atoms with Crippen molar-refractivity contribution in [2.45, 2.75) is 56.3 Å². The molecule has 55 heavy (non-hydrogen) atoms. The minimum Gasteiger partial charge on any atom is -0.456 e. The Morgan fingerprint density at radius 2 is 1.87 bits per heavy atom. The van der Waals surface area contributed by atoms with Gasteiger partial charge in [-0.15, -0.1) is 0 Å². The van der Waals surface area contributed by atoms with E-state index in [1.807, 2.05) is 13.0 Å². The van der Waals surface area contributed by atoms with Crippen LogP contribution in [-0.2, 0) is 42.0 Å². The summed E-state index contributed by atoms with van der Waals surface area (Å²) >= 11 is 0. The number of morpholine rings is 1. The minimum absolute atomic E-state index is 0.0666. The van der Waals surface area contributed by atoms with Crippen LogP contribution in [0.5, 0.6) is 0 Å². The topological polar surface area (TPSA) is 193 Å². The Balaban J connectivity index is 0.000000403. The molecule has 0 radical (unpaired) electrons. The van der Waals surface area contributed by atoms with Crippen molar-refractivity contribution in [3.05, 3.63) is 89.2 Å². The number of carbonyl (C=O) groups is 2. The monoisotopic (exact) mass is 773 g/mol. The van der Waals surface area contributed by atoms with E-state index in [-0.39, 0.29) is 17.2 Å². The van der Waals surface area contributed by atoms with Crippen LogP contribution < -0.4 is 16.0 Å². The van der Waals surface area contributed by atoms with E-state index in [2.05, 4.69) is 55.6 Å². The summed E-state index contributed by atoms with van der Waals surface area (Å²) in [5.41, 5.74) is 12.8. The molecule has 2 saturated heterocycles. The van der Waals surface area contributed by atoms with E-state index in [1.165, 1.54) is 17.7 Å². The second-order valence-electron chi connectivity index (χ2n) is 14.5. The van der Waals surface area contributed by atoms with Gasteiger partial charge in [-0.05, 0) is 105 Å². The number of aryl methyl sites for hydroxylation is 3. The number of nitrogens with two attached hydrogens (primary N) is 1. The fourth-order valence-corrected chi connectivity index (χ4v) is 7.82. The van der Waals surface area contributed by atoms with Crippen LogP contribution in [0, 0.1) is 12.8 Å². The number of aromatic nitrogens is 3. The van der Waals surface area contributed by atoms with Crippen LogP contribution in [0.15, 0.2) is 71.8 Å². The van der Waals surface area contributed by atoms with Crippen LogP contribution in [-0.4, -0.2) is 104 Å². The second-order valence-corrected chi connectivity index (χ2v) is 15.9. The Kier molecular flexibility index (Phi) is 13.5. The predicted molar refractivity (Wildman–Crippen MR) is 209 cm³/mol. The number of likely N-dealkylation sites (tertiary alicyclic amines) is 1. The third-order valence-electron chi connectivity index (χ3n) is 10.3. The number of ether oxygens (including phenoxy) is 2. The van der Waals surface area contributed by atoms with Gasteiger partial charge >= 0.3 is 5.97 Å². The van der Waals surface area contributed by atoms with Crippen molar-refractivity contribution in [2.75, 3.05) is 69.3 Å². The van der Waals surface area contributed by atoms with Gasteiger partial charge in [-0.3, -0.25) is 19.2 Å². The highest BCUT2D eigenvalue weighted by Gasteiger charge is 2.28. The molecule has 0 bridgehead atoms. The molecular formula is C40H51N7O7S. The van der Waals surface area contributed by atoms with Gasteiger partial charge in [-0.25, -0.2) is 4.98 Å². The van der Waals surface area contributed by atoms with Gasteiger partial charge in [0.2, 0.25) is 0 Å². The van der Waals surface area contributed by atoms with Crippen molar-refractivity contribution in [1.29, 1.82) is 0 Å². The van der Waals surface area contributed by atoms with Crippen molar-refractivity contribution < 1.29 is 32.0 Å². The summed E-state index contributed by atoms with van der Waals surface area (Å²) in [7, 11) is -4.02. The number of hydrogen-bond donors (Lipinski definition) is 4. The van der Waals surface area contributed by atoms with Gasteiger partial charge in [-0.1, -0.05) is 23.8 Å². The maximum absolute atomic E-state index is 12.9. The summed E-state index contributed by atoms with van der Waals surface area (Å²) in [6.45, 7) is 8.08. The number of anilines is 2. The first-order chi connectivity index (χ1) is 26.5. The average Bonchev–Trinajstić information content (AvgIpc) is 3.89. The second kappa shape index (κ2) is 18.7. The van der Waals surface area contributed by atoms with E-state index in [4.69, 9.17) is 24.7 Å². The zero-order chi connectivity index (χ0) is 38.8. The maximum Gasteiger partial charge on any atom is 0.306 e. The summed E-state index contributed by atoms with van der Waals surface area (Å²) in [6.07, 6.45) is 7.34. The molecule has 4 aromatic rings. The number of primary amides is 1. The molecule has 2 unspecified atom stereocenters. The molecule has 5 N–H and O–H groups in total. The SMILES string of the molecule is Cc1ccc(S(=O)(=O)O)cc1.NC(=O)COC(=O)CC(CN1CCC(CCc2ccc3c(n2)NCCC3)C1)c1cc(-c2ccn[nH]2)cc(N2CCOCC2)c1. The van der Waals surface area contributed by atoms with E-state index < -0.39 is 28.6 Å². The molecule has 5 heterocycles. The Bertz CT molecular complexity index is 2000. The first-order valence-corrected chi connectivity index (χ1v) is 20.3. The quantitative estimate of drug-likeness (QED) is 0.111. The molecule has 2 fully saturated rings. The highest BCUT2D eigenvalue weighted by atomic mass is 32.2. The molecule has 14 nitrogen and oxygen atoms in total. The molecule has 2 aromatic heterocycles. The highest BCUT2D eigenvalue weighted by Crippen LogP contribution is 2.34. The van der Waals surface area contributed by atoms with Crippen LogP contribution in [0.25, 0.3) is 11.3 Å². The van der Waals surface area contributed by atoms with E-state index in [9.17, 15) is 18.0 Å². The van der Waals surface area contributed by atoms with Crippen LogP contribution in [0.1, 0.15) is 54.0 Å². The number of carbonyl (C=O) groups excluding carboxylic acids is 2. The lowest BCUT2D eigenvalue weighted by Gasteiger charge is -2.31. The van der Waals surface area contributed by atoms with Crippen molar-refractivity contribution in [3.63, 3.8) is 0 Å². The molecule has 2 atom stereocenters. The predicted octanol–water partition coefficient (Wildman–Crippen LogP) is 4.37. The van der Waals surface area contributed by atoms with E-state index in [0.717, 1.165) is 111 Å². The van der Waals surface area contributed by atoms with Crippen molar-refractivity contribution in [3.8, 4) is 11.3 Å². The fourth-order valence-electron chi connectivity index (χ4n) is 7.34. The van der Waals surface area contributed by atoms with Gasteiger partial charge in [0.25, 0.3) is 16.0 Å². The molecule has 0 aliphatic carbocycles. The number of pyridine rings is 1. The molecule has 2 aromatic carbocycles. The number of aromatic amines is 1. The van der Waals surface area contributed by atoms with Gasteiger partial charge in [-0.2, -0.15) is 13.5 Å². The maximum atomic E-state index is 12.9. The molecular weight excluding hydrogens is 723 g/mol. The van der Waals surface area contributed by atoms with E-state index in [1.54, 1.807) is 18.3 Å². The van der Waals surface area contributed by atoms with E-state index in [0.29, 0.717) is 19.1 Å². The van der Waals surface area contributed by atoms with Crippen LogP contribution in [0.2, 0.25) is 0 Å². The number of nitrogens with zero attached hydrogens (tertiary/aromatic N) is 4. The van der Waals surface area contributed by atoms with Gasteiger partial charge in [0.05, 0.1) is 30.2 Å². The van der Waals surface area contributed by atoms with Crippen molar-refractivity contribution in [2.24, 2.45) is 11.7 Å². The largest absolute Gasteiger partial charge is 0.456 e. The number of rotatable bonds is 13. The Hall–Kier alpha value is -4.83. The molecule has 7 rings (SSSR count). The molecule has 1 amide bonds. The standard InChI is InChI=1S/C33H43N7O4.C7H8O3S/c34-31(41)22-44-32(42)19-27(25-16-26(30-7-10-36-38-30)18-29(17-25)40-12-14-43-15-13-40)21-39-11-8-23(20-39)3-5-28-6-4-24-2-1-9-35-33(24)37-28;1-6-2-4-7(5-3-6)11(8,9)10/h4,6-7,10,16-18,23,27H,1-3,5,8-9,11-15,19-22H2,(H2,34,41)(H,35,37)(H,36,38);2-5H,1H3,(H,8,9,10). The number of H-pyrrole nitrogens is 1. The van der Waals surface area contributed by atoms with Gasteiger partial charge < -0.3 is 30.3 Å². The lowest BCUT2D eigenvalue weighted by atomic mass is 9.92. The molecule has 15 heteroatoms.